The fraction of sp³-hybridized carbons (Fsp3) is 0.507. The Labute approximate surface area is 529 Å². The van der Waals surface area contributed by atoms with E-state index in [-0.39, 0.29) is 41.6 Å². The number of anilines is 1. The van der Waals surface area contributed by atoms with E-state index >= 15 is 0 Å². The van der Waals surface area contributed by atoms with E-state index in [1.807, 2.05) is 54.6 Å². The molecule has 0 radical (unpaired) electrons. The smallest absolute Gasteiger partial charge is 0.416 e. The fourth-order valence-electron chi connectivity index (χ4n) is 10.3. The van der Waals surface area contributed by atoms with Crippen molar-refractivity contribution in [1.29, 1.82) is 0 Å². The Balaban J connectivity index is 0.564. The highest BCUT2D eigenvalue weighted by atomic mass is 32.1. The second kappa shape index (κ2) is 40.6. The topological polar surface area (TPSA) is 214 Å². The van der Waals surface area contributed by atoms with Gasteiger partial charge in [-0.15, -0.1) is 0 Å². The highest BCUT2D eigenvalue weighted by Gasteiger charge is 2.37. The quantitative estimate of drug-likeness (QED) is 0.0159. The molecule has 492 valence electrons. The number of aromatic hydroxyl groups is 1. The zero-order chi connectivity index (χ0) is 63.4. The lowest BCUT2D eigenvalue weighted by atomic mass is 9.72. The summed E-state index contributed by atoms with van der Waals surface area (Å²) in [5, 5.41) is 20.6. The molecule has 2 unspecified atom stereocenters. The van der Waals surface area contributed by atoms with Crippen molar-refractivity contribution in [2.24, 2.45) is 5.92 Å². The van der Waals surface area contributed by atoms with Crippen LogP contribution in [0, 0.1) is 12.8 Å². The van der Waals surface area contributed by atoms with Gasteiger partial charge in [0, 0.05) is 59.8 Å². The molecule has 4 aromatic carbocycles. The summed E-state index contributed by atoms with van der Waals surface area (Å²) < 4.78 is 114. The number of nitrogens with one attached hydrogen (secondary N) is 3. The summed E-state index contributed by atoms with van der Waals surface area (Å²) in [7, 11) is 0. The zero-order valence-corrected chi connectivity index (χ0v) is 52.1. The van der Waals surface area contributed by atoms with Crippen molar-refractivity contribution in [2.45, 2.75) is 57.4 Å². The van der Waals surface area contributed by atoms with Crippen LogP contribution in [0.3, 0.4) is 0 Å². The number of amides is 1. The lowest BCUT2D eigenvalue weighted by Crippen LogP contribution is -2.37. The Morgan fingerprint density at radius 3 is 1.66 bits per heavy atom. The second-order valence-electron chi connectivity index (χ2n) is 21.2. The Morgan fingerprint density at radius 2 is 1.12 bits per heavy atom. The van der Waals surface area contributed by atoms with Gasteiger partial charge in [-0.25, -0.2) is 0 Å². The summed E-state index contributed by atoms with van der Waals surface area (Å²) in [5.41, 5.74) is 5.10. The number of rotatable bonds is 44. The van der Waals surface area contributed by atoms with Gasteiger partial charge in [-0.3, -0.25) is 9.59 Å². The number of carbonyl (C=O) groups excluding carboxylic acids is 1. The van der Waals surface area contributed by atoms with Crippen molar-refractivity contribution in [1.82, 2.24) is 10.6 Å². The predicted octanol–water partition coefficient (Wildman–Crippen LogP) is 9.74. The summed E-state index contributed by atoms with van der Waals surface area (Å²) in [6.07, 6.45) is -1.90. The van der Waals surface area contributed by atoms with E-state index in [0.29, 0.717) is 192 Å². The molecule has 23 heteroatoms. The Morgan fingerprint density at radius 1 is 0.600 bits per heavy atom. The predicted molar refractivity (Wildman–Crippen MR) is 338 cm³/mol. The van der Waals surface area contributed by atoms with Crippen molar-refractivity contribution in [2.75, 3.05) is 164 Å². The van der Waals surface area contributed by atoms with Crippen LogP contribution in [0.1, 0.15) is 53.9 Å². The van der Waals surface area contributed by atoms with E-state index < -0.39 is 11.7 Å². The average Bonchev–Trinajstić information content (AvgIpc) is 0.800. The fourth-order valence-corrected chi connectivity index (χ4v) is 10.5. The molecule has 1 fully saturated rings. The Hall–Kier alpha value is -6.16. The maximum absolute atomic E-state index is 13.5. The van der Waals surface area contributed by atoms with Crippen molar-refractivity contribution in [3.63, 3.8) is 0 Å². The van der Waals surface area contributed by atoms with Crippen molar-refractivity contribution in [3.8, 4) is 28.2 Å². The number of hydrogen-bond acceptors (Lipinski definition) is 17. The lowest BCUT2D eigenvalue weighted by molar-refractivity contribution is -0.137. The number of aryl methyl sites for hydroxylation is 1. The number of carbonyl (C=O) groups is 1. The number of hydrogen-bond donors (Lipinski definition) is 4. The molecule has 0 spiro atoms. The molecule has 3 atom stereocenters. The molecule has 0 bridgehead atoms. The van der Waals surface area contributed by atoms with Crippen LogP contribution in [0.5, 0.6) is 5.75 Å². The molecule has 90 heavy (non-hydrogen) atoms. The molecule has 1 amide bonds. The normalized spacial score (nSPS) is 15.2. The van der Waals surface area contributed by atoms with E-state index in [1.54, 1.807) is 37.3 Å². The minimum Gasteiger partial charge on any atom is -0.508 e. The first-order chi connectivity index (χ1) is 43.9. The summed E-state index contributed by atoms with van der Waals surface area (Å²) in [4.78, 5) is 25.1. The number of phenolic OH excluding ortho intramolecular Hbond substituents is 1. The van der Waals surface area contributed by atoms with Gasteiger partial charge in [0.2, 0.25) is 5.91 Å². The van der Waals surface area contributed by atoms with E-state index in [1.165, 1.54) is 12.1 Å². The van der Waals surface area contributed by atoms with E-state index in [2.05, 4.69) is 16.0 Å². The SMILES string of the molecule is Cc1cc(CO[C@H]2CCCC(CC(=O)NCCOCCOCCOCCOCCOCCOCCOCCOCCOCCOCCOCCNC(=S)Nc3ccc(-c4c5ccc(=O)cc-5oc5cc(O)ccc45)cc3)C2c2ccccc2)cc(C(F)(F)F)c1. The molecular formula is C67H86F3N3O16S. The maximum atomic E-state index is 13.5. The van der Waals surface area contributed by atoms with Crippen LogP contribution < -0.4 is 21.4 Å². The van der Waals surface area contributed by atoms with Crippen LogP contribution in [0.4, 0.5) is 18.9 Å². The van der Waals surface area contributed by atoms with Crippen molar-refractivity contribution >= 4 is 39.9 Å². The van der Waals surface area contributed by atoms with Crippen LogP contribution >= 0.6 is 12.2 Å². The van der Waals surface area contributed by atoms with Crippen molar-refractivity contribution < 1.29 is 84.3 Å². The first kappa shape index (κ1) is 71.3. The van der Waals surface area contributed by atoms with Gasteiger partial charge in [0.15, 0.2) is 10.5 Å². The maximum Gasteiger partial charge on any atom is 0.416 e. The molecular weight excluding hydrogens is 1190 g/mol. The molecule has 1 saturated carbocycles. The molecule has 2 aliphatic carbocycles. The van der Waals surface area contributed by atoms with E-state index in [4.69, 9.17) is 73.5 Å². The highest BCUT2D eigenvalue weighted by molar-refractivity contribution is 7.80. The molecule has 1 aliphatic heterocycles. The molecule has 3 aliphatic rings. The molecule has 4 aromatic rings. The van der Waals surface area contributed by atoms with Crippen molar-refractivity contribution in [3.05, 3.63) is 142 Å². The molecule has 19 nitrogen and oxygen atoms in total. The van der Waals surface area contributed by atoms with Gasteiger partial charge in [0.25, 0.3) is 0 Å². The first-order valence-corrected chi connectivity index (χ1v) is 31.1. The third-order valence-electron chi connectivity index (χ3n) is 14.5. The van der Waals surface area contributed by atoms with Gasteiger partial charge in [-0.05, 0) is 103 Å². The van der Waals surface area contributed by atoms with E-state index in [9.17, 15) is 27.9 Å². The molecule has 0 aromatic heterocycles. The third-order valence-corrected chi connectivity index (χ3v) is 14.7. The third kappa shape index (κ3) is 26.2. The molecule has 7 rings (SSSR count). The van der Waals surface area contributed by atoms with Gasteiger partial charge in [0.1, 0.15) is 17.1 Å². The Kier molecular flexibility index (Phi) is 32.2. The van der Waals surface area contributed by atoms with Crippen LogP contribution in [-0.2, 0) is 74.4 Å². The van der Waals surface area contributed by atoms with Crippen LogP contribution in [-0.4, -0.2) is 181 Å². The second-order valence-corrected chi connectivity index (χ2v) is 21.7. The molecule has 4 N–H and O–H groups in total. The number of halogens is 3. The summed E-state index contributed by atoms with van der Waals surface area (Å²) in [6.45, 7) is 12.1. The monoisotopic (exact) mass is 1280 g/mol. The van der Waals surface area contributed by atoms with Crippen LogP contribution in [0.15, 0.2) is 118 Å². The van der Waals surface area contributed by atoms with Gasteiger partial charge < -0.3 is 82.3 Å². The van der Waals surface area contributed by atoms with Gasteiger partial charge in [-0.1, -0.05) is 60.5 Å². The van der Waals surface area contributed by atoms with E-state index in [0.717, 1.165) is 64.7 Å². The Bertz CT molecular complexity index is 3030. The summed E-state index contributed by atoms with van der Waals surface area (Å²) in [6, 6.07) is 31.4. The highest BCUT2D eigenvalue weighted by Crippen LogP contribution is 2.43. The standard InChI is InChI=1S/C67H86F3N3O16S/c1-49-42-50(44-54(43-49)67(68,69)70)48-88-60-9-5-8-53(64(60)51-6-3-2-4-7-51)45-63(76)71-18-20-77-22-24-79-26-28-81-30-32-83-34-36-85-38-40-87-41-39-86-37-35-84-33-31-82-29-27-80-25-23-78-21-19-72-66(90)73-55-12-10-52(11-13-55)65-58-16-14-56(74)46-61(58)89-62-47-57(75)15-17-59(62)65/h2-4,6-7,10-17,42-44,46-47,53,60,64,74H,5,8-9,18-41,45,48H2,1H3,(H,71,76)(H2,72,73,90)/t53?,60-,64?/m0/s1. The van der Waals surface area contributed by atoms with Crippen LogP contribution in [0.2, 0.25) is 0 Å². The van der Waals surface area contributed by atoms with Gasteiger partial charge in [0.05, 0.1) is 164 Å². The molecule has 0 saturated heterocycles. The zero-order valence-electron chi connectivity index (χ0n) is 51.2. The average molecular weight is 1280 g/mol. The first-order valence-electron chi connectivity index (χ1n) is 30.7. The number of alkyl halides is 3. The number of benzene rings is 5. The number of phenols is 1. The number of fused-ring (bicyclic) bond motifs is 2. The summed E-state index contributed by atoms with van der Waals surface area (Å²) >= 11 is 5.47. The number of thiocarbonyl (C=S) groups is 1. The minimum absolute atomic E-state index is 0.0146. The van der Waals surface area contributed by atoms with Crippen LogP contribution in [0.25, 0.3) is 33.4 Å². The summed E-state index contributed by atoms with van der Waals surface area (Å²) in [5.74, 6) is 0.384. The minimum atomic E-state index is -4.43. The largest absolute Gasteiger partial charge is 0.508 e. The number of ether oxygens (including phenoxy) is 12. The molecule has 1 heterocycles. The van der Waals surface area contributed by atoms with Gasteiger partial charge in [-0.2, -0.15) is 13.2 Å². The lowest BCUT2D eigenvalue weighted by Gasteiger charge is -2.38. The van der Waals surface area contributed by atoms with Gasteiger partial charge >= 0.3 is 6.18 Å².